The summed E-state index contributed by atoms with van der Waals surface area (Å²) in [7, 11) is 0. The number of nitrogens with zero attached hydrogens (tertiary/aromatic N) is 4. The van der Waals surface area contributed by atoms with Gasteiger partial charge in [-0.25, -0.2) is 0 Å². The fourth-order valence-corrected chi connectivity index (χ4v) is 6.83. The average Bonchev–Trinajstić information content (AvgIpc) is 3.81. The summed E-state index contributed by atoms with van der Waals surface area (Å²) in [5, 5.41) is 38.4. The van der Waals surface area contributed by atoms with Gasteiger partial charge < -0.3 is 35.5 Å². The normalized spacial score (nSPS) is 14.1. The quantitative estimate of drug-likeness (QED) is 0.0454. The van der Waals surface area contributed by atoms with Crippen LogP contribution in [0.5, 0.6) is 11.5 Å². The first kappa shape index (κ1) is 37.3. The van der Waals surface area contributed by atoms with Crippen LogP contribution in [0.25, 0.3) is 22.0 Å². The van der Waals surface area contributed by atoms with Gasteiger partial charge in [-0.15, -0.1) is 0 Å². The molecule has 0 saturated carbocycles. The number of benzene rings is 3. The molecular weight excluding hydrogens is 718 g/mol. The topological polar surface area (TPSA) is 131 Å². The second-order valence-electron chi connectivity index (χ2n) is 12.5. The molecule has 0 amide bonds. The largest absolute Gasteiger partial charge is 0.488 e. The Morgan fingerprint density at radius 1 is 1.10 bits per heavy atom. The number of hydrogen-bond acceptors (Lipinski definition) is 9. The first-order chi connectivity index (χ1) is 24.4. The maximum absolute atomic E-state index is 9.50. The lowest BCUT2D eigenvalue weighted by Gasteiger charge is -2.18. The van der Waals surface area contributed by atoms with Crippen molar-refractivity contribution >= 4 is 44.6 Å². The molecule has 2 heterocycles. The number of aryl methyl sites for hydroxylation is 1. The molecule has 0 bridgehead atoms. The van der Waals surface area contributed by atoms with E-state index in [1.165, 1.54) is 45.1 Å². The molecule has 4 aromatic rings. The number of ether oxygens (including phenoxy) is 2. The van der Waals surface area contributed by atoms with Crippen molar-refractivity contribution in [3.8, 4) is 28.7 Å². The minimum Gasteiger partial charge on any atom is -0.488 e. The zero-order chi connectivity index (χ0) is 35.3. The fourth-order valence-electron chi connectivity index (χ4n) is 6.00. The molecule has 1 saturated heterocycles. The molecular formula is C38H45BrClN7O3. The van der Waals surface area contributed by atoms with Crippen molar-refractivity contribution in [1.29, 1.82) is 10.7 Å². The average molecular weight is 763 g/mol. The Balaban J connectivity index is 1.31. The second-order valence-corrected chi connectivity index (χ2v) is 13.7. The Morgan fingerprint density at radius 2 is 1.88 bits per heavy atom. The maximum atomic E-state index is 9.50. The minimum absolute atomic E-state index is 0.0138. The highest BCUT2D eigenvalue weighted by molar-refractivity contribution is 9.10. The molecule has 1 fully saturated rings. The number of hydrogen-bond donors (Lipinski definition) is 4. The summed E-state index contributed by atoms with van der Waals surface area (Å²) in [6.45, 7) is 7.28. The molecule has 1 aliphatic rings. The molecule has 0 spiro atoms. The van der Waals surface area contributed by atoms with Crippen LogP contribution in [0.3, 0.4) is 0 Å². The van der Waals surface area contributed by atoms with E-state index in [1.54, 1.807) is 18.3 Å². The number of halogens is 2. The monoisotopic (exact) mass is 761 g/mol. The lowest BCUT2D eigenvalue weighted by molar-refractivity contribution is 0.250. The van der Waals surface area contributed by atoms with Gasteiger partial charge in [0.05, 0.1) is 29.4 Å². The van der Waals surface area contributed by atoms with Gasteiger partial charge in [0.15, 0.2) is 0 Å². The summed E-state index contributed by atoms with van der Waals surface area (Å²) in [5.41, 5.74) is 5.56. The van der Waals surface area contributed by atoms with E-state index in [0.717, 1.165) is 50.6 Å². The standard InChI is InChI=1S/C38H45BrClN7O3/c1-27(24-48)44-22-30-18-34(40)37(19-36(30)49-25-28(20-42)21-43-13-12-41)50-26-29-8-6-10-32(38(29)39)31-9-7-11-35-33(31)23-45-47(35)17-5-4-16-46-14-2-3-15-46/h6-11,18-21,23,27,42-44,48H,2-5,13-17,22,24-26H2,1H3/b28-21+,42-20?. The number of nitrogens with one attached hydrogen (secondary N) is 3. The van der Waals surface area contributed by atoms with Gasteiger partial charge in [0.25, 0.3) is 0 Å². The zero-order valence-corrected chi connectivity index (χ0v) is 30.8. The maximum Gasteiger partial charge on any atom is 0.142 e. The molecule has 1 aliphatic heterocycles. The molecule has 0 aliphatic carbocycles. The molecule has 50 heavy (non-hydrogen) atoms. The van der Waals surface area contributed by atoms with Gasteiger partial charge in [-0.05, 0) is 91.4 Å². The highest BCUT2D eigenvalue weighted by Gasteiger charge is 2.17. The van der Waals surface area contributed by atoms with Gasteiger partial charge in [-0.2, -0.15) is 10.4 Å². The van der Waals surface area contributed by atoms with Crippen molar-refractivity contribution < 1.29 is 14.6 Å². The van der Waals surface area contributed by atoms with Crippen LogP contribution in [-0.2, 0) is 19.7 Å². The minimum atomic E-state index is -0.126. The van der Waals surface area contributed by atoms with E-state index in [1.807, 2.05) is 31.3 Å². The smallest absolute Gasteiger partial charge is 0.142 e. The van der Waals surface area contributed by atoms with Crippen LogP contribution in [0.2, 0.25) is 5.02 Å². The summed E-state index contributed by atoms with van der Waals surface area (Å²) in [6, 6.07) is 17.9. The predicted octanol–water partition coefficient (Wildman–Crippen LogP) is 7.07. The van der Waals surface area contributed by atoms with Crippen molar-refractivity contribution in [1.82, 2.24) is 25.3 Å². The summed E-state index contributed by atoms with van der Waals surface area (Å²) in [5.74, 6) is 0.983. The molecule has 1 aromatic heterocycles. The van der Waals surface area contributed by atoms with Crippen LogP contribution >= 0.6 is 27.5 Å². The van der Waals surface area contributed by atoms with E-state index in [2.05, 4.69) is 60.4 Å². The van der Waals surface area contributed by atoms with Gasteiger partial charge >= 0.3 is 0 Å². The SMILES string of the molecule is CC(CO)NCc1cc(Cl)c(OCc2cccc(-c3cccc4c3cnn4CCCCN3CCCC3)c2Br)cc1OC/C(C=N)=C/NCC#N. The van der Waals surface area contributed by atoms with E-state index in [0.29, 0.717) is 28.6 Å². The lowest BCUT2D eigenvalue weighted by Crippen LogP contribution is -2.28. The van der Waals surface area contributed by atoms with Crippen LogP contribution in [0.1, 0.15) is 43.7 Å². The van der Waals surface area contributed by atoms with Crippen LogP contribution in [-0.4, -0.2) is 71.4 Å². The Morgan fingerprint density at radius 3 is 2.66 bits per heavy atom. The van der Waals surface area contributed by atoms with Gasteiger partial charge in [-0.3, -0.25) is 4.68 Å². The predicted molar refractivity (Wildman–Crippen MR) is 203 cm³/mol. The number of aliphatic hydroxyl groups is 1. The van der Waals surface area contributed by atoms with Crippen molar-refractivity contribution in [3.05, 3.63) is 87.1 Å². The van der Waals surface area contributed by atoms with Gasteiger partial charge in [0.2, 0.25) is 0 Å². The molecule has 1 atom stereocenters. The number of aliphatic hydroxyl groups excluding tert-OH is 1. The first-order valence-corrected chi connectivity index (χ1v) is 18.3. The molecule has 5 rings (SSSR count). The molecule has 4 N–H and O–H groups in total. The van der Waals surface area contributed by atoms with Gasteiger partial charge in [0.1, 0.15) is 31.3 Å². The number of rotatable bonds is 19. The third-order valence-corrected chi connectivity index (χ3v) is 10.0. The summed E-state index contributed by atoms with van der Waals surface area (Å²) in [4.78, 5) is 2.56. The van der Waals surface area contributed by atoms with Crippen LogP contribution in [0.15, 0.2) is 71.0 Å². The number of unbranched alkanes of at least 4 members (excludes halogenated alkanes) is 1. The first-order valence-electron chi connectivity index (χ1n) is 17.1. The highest BCUT2D eigenvalue weighted by Crippen LogP contribution is 2.38. The Kier molecular flexibility index (Phi) is 14.1. The van der Waals surface area contributed by atoms with Crippen LogP contribution < -0.4 is 20.1 Å². The molecule has 12 heteroatoms. The second kappa shape index (κ2) is 18.9. The number of aromatic nitrogens is 2. The van der Waals surface area contributed by atoms with Crippen molar-refractivity contribution in [3.63, 3.8) is 0 Å². The van der Waals surface area contributed by atoms with E-state index in [-0.39, 0.29) is 32.4 Å². The van der Waals surface area contributed by atoms with Crippen LogP contribution in [0.4, 0.5) is 0 Å². The highest BCUT2D eigenvalue weighted by atomic mass is 79.9. The van der Waals surface area contributed by atoms with Gasteiger partial charge in [0, 0.05) is 64.2 Å². The van der Waals surface area contributed by atoms with Crippen LogP contribution in [0, 0.1) is 16.7 Å². The Labute approximate surface area is 307 Å². The van der Waals surface area contributed by atoms with Crippen molar-refractivity contribution in [2.75, 3.05) is 39.4 Å². The fraction of sp³-hybridized carbons (Fsp3) is 0.395. The van der Waals surface area contributed by atoms with E-state index in [9.17, 15) is 5.11 Å². The third-order valence-electron chi connectivity index (χ3n) is 8.81. The lowest BCUT2D eigenvalue weighted by atomic mass is 10.00. The number of fused-ring (bicyclic) bond motifs is 1. The molecule has 1 unspecified atom stereocenters. The molecule has 264 valence electrons. The molecule has 0 radical (unpaired) electrons. The Hall–Kier alpha value is -3.92. The van der Waals surface area contributed by atoms with Gasteiger partial charge in [-0.1, -0.05) is 41.9 Å². The third kappa shape index (κ3) is 9.86. The van der Waals surface area contributed by atoms with E-state index in [4.69, 9.17) is 36.8 Å². The molecule has 10 nitrogen and oxygen atoms in total. The Bertz CT molecular complexity index is 1820. The number of nitriles is 1. The zero-order valence-electron chi connectivity index (χ0n) is 28.4. The van der Waals surface area contributed by atoms with Crippen molar-refractivity contribution in [2.45, 2.75) is 58.3 Å². The summed E-state index contributed by atoms with van der Waals surface area (Å²) >= 11 is 10.6. The summed E-state index contributed by atoms with van der Waals surface area (Å²) < 4.78 is 15.5. The van der Waals surface area contributed by atoms with E-state index >= 15 is 0 Å². The van der Waals surface area contributed by atoms with Crippen molar-refractivity contribution in [2.24, 2.45) is 0 Å². The summed E-state index contributed by atoms with van der Waals surface area (Å²) in [6.07, 6.45) is 9.66. The van der Waals surface area contributed by atoms with E-state index < -0.39 is 0 Å². The molecule has 3 aromatic carbocycles. The number of likely N-dealkylation sites (tertiary alicyclic amines) is 1.